The van der Waals surface area contributed by atoms with Crippen molar-refractivity contribution in [2.75, 3.05) is 26.2 Å². The molecule has 4 aromatic rings. The molecule has 1 saturated heterocycles. The Balaban J connectivity index is 1.32. The molecule has 1 fully saturated rings. The number of hydrogen-bond donors (Lipinski definition) is 2. The predicted octanol–water partition coefficient (Wildman–Crippen LogP) is 3.50. The zero-order valence-corrected chi connectivity index (χ0v) is 20.0. The quantitative estimate of drug-likeness (QED) is 0.332. The number of quaternary nitrogens is 1. The third kappa shape index (κ3) is 4.97. The second-order valence-corrected chi connectivity index (χ2v) is 8.94. The lowest BCUT2D eigenvalue weighted by molar-refractivity contribution is -0.929. The number of aromatic amines is 1. The van der Waals surface area contributed by atoms with Crippen LogP contribution in [0.1, 0.15) is 22.7 Å². The Labute approximate surface area is 211 Å². The molecule has 1 aromatic heterocycles. The summed E-state index contributed by atoms with van der Waals surface area (Å²) in [6, 6.07) is 33.2. The van der Waals surface area contributed by atoms with Crippen molar-refractivity contribution in [3.63, 3.8) is 0 Å². The first kappa shape index (κ1) is 23.3. The second-order valence-electron chi connectivity index (χ2n) is 8.94. The zero-order valence-electron chi connectivity index (χ0n) is 20.0. The molecule has 0 radical (unpaired) electrons. The molecular formula is C30H28N5O+. The standard InChI is InChI=1S/C30H27N5O/c31-21-26(20-27-22-32-33-28(27)23-10-4-1-5-11-23)30(36)35-18-16-34(17-19-35)29(24-12-6-2-7-13-24)25-14-8-3-9-15-25/h1-15,20,22,29H,16-19H2,(H,32,33)/p+1/b26-20-. The number of piperazine rings is 1. The minimum absolute atomic E-state index is 0.125. The van der Waals surface area contributed by atoms with E-state index in [2.05, 4.69) is 64.8 Å². The van der Waals surface area contributed by atoms with E-state index in [1.54, 1.807) is 17.2 Å². The van der Waals surface area contributed by atoms with E-state index < -0.39 is 0 Å². The average molecular weight is 475 g/mol. The lowest BCUT2D eigenvalue weighted by Gasteiger charge is -2.37. The summed E-state index contributed by atoms with van der Waals surface area (Å²) in [5.41, 5.74) is 5.13. The number of carbonyl (C=O) groups is 1. The highest BCUT2D eigenvalue weighted by molar-refractivity contribution is 6.02. The molecule has 6 nitrogen and oxygen atoms in total. The van der Waals surface area contributed by atoms with Crippen LogP contribution in [0.5, 0.6) is 0 Å². The minimum atomic E-state index is -0.229. The Morgan fingerprint density at radius 3 is 2.03 bits per heavy atom. The summed E-state index contributed by atoms with van der Waals surface area (Å²) in [6.45, 7) is 2.81. The maximum atomic E-state index is 13.3. The van der Waals surface area contributed by atoms with Gasteiger partial charge in [-0.05, 0) is 6.08 Å². The van der Waals surface area contributed by atoms with Gasteiger partial charge in [0.2, 0.25) is 0 Å². The number of carbonyl (C=O) groups excluding carboxylic acids is 1. The smallest absolute Gasteiger partial charge is 0.264 e. The number of nitrogens with zero attached hydrogens (tertiary/aromatic N) is 3. The Morgan fingerprint density at radius 2 is 1.47 bits per heavy atom. The third-order valence-corrected chi connectivity index (χ3v) is 6.75. The maximum absolute atomic E-state index is 13.3. The monoisotopic (exact) mass is 474 g/mol. The van der Waals surface area contributed by atoms with Crippen LogP contribution < -0.4 is 4.90 Å². The summed E-state index contributed by atoms with van der Waals surface area (Å²) in [5.74, 6) is -0.229. The van der Waals surface area contributed by atoms with Gasteiger partial charge in [0.15, 0.2) is 0 Å². The normalized spacial score (nSPS) is 14.6. The van der Waals surface area contributed by atoms with Crippen LogP contribution >= 0.6 is 0 Å². The van der Waals surface area contributed by atoms with E-state index in [0.29, 0.717) is 13.1 Å². The molecule has 2 heterocycles. The summed E-state index contributed by atoms with van der Waals surface area (Å²) < 4.78 is 0. The molecule has 6 heteroatoms. The van der Waals surface area contributed by atoms with E-state index in [-0.39, 0.29) is 17.5 Å². The van der Waals surface area contributed by atoms with Gasteiger partial charge in [0, 0.05) is 22.3 Å². The van der Waals surface area contributed by atoms with Crippen LogP contribution in [0.4, 0.5) is 0 Å². The molecule has 0 saturated carbocycles. The maximum Gasteiger partial charge on any atom is 0.264 e. The van der Waals surface area contributed by atoms with Gasteiger partial charge in [-0.15, -0.1) is 0 Å². The van der Waals surface area contributed by atoms with E-state index in [4.69, 9.17) is 0 Å². The summed E-state index contributed by atoms with van der Waals surface area (Å²) in [6.07, 6.45) is 3.30. The number of benzene rings is 3. The van der Waals surface area contributed by atoms with E-state index in [1.807, 2.05) is 42.5 Å². The fraction of sp³-hybridized carbons (Fsp3) is 0.167. The van der Waals surface area contributed by atoms with Crippen molar-refractivity contribution in [3.8, 4) is 17.3 Å². The molecule has 0 atom stereocenters. The zero-order chi connectivity index (χ0) is 24.7. The highest BCUT2D eigenvalue weighted by Crippen LogP contribution is 2.23. The third-order valence-electron chi connectivity index (χ3n) is 6.75. The van der Waals surface area contributed by atoms with Crippen molar-refractivity contribution < 1.29 is 9.69 Å². The van der Waals surface area contributed by atoms with Crippen molar-refractivity contribution >= 4 is 12.0 Å². The van der Waals surface area contributed by atoms with Crippen molar-refractivity contribution in [1.82, 2.24) is 15.1 Å². The Bertz CT molecular complexity index is 1330. The highest BCUT2D eigenvalue weighted by Gasteiger charge is 2.32. The Hall–Kier alpha value is -4.47. The van der Waals surface area contributed by atoms with Crippen molar-refractivity contribution in [2.24, 2.45) is 0 Å². The second kappa shape index (κ2) is 10.9. The number of nitriles is 1. The fourth-order valence-electron chi connectivity index (χ4n) is 4.95. The summed E-state index contributed by atoms with van der Waals surface area (Å²) >= 11 is 0. The lowest BCUT2D eigenvalue weighted by Crippen LogP contribution is -3.15. The van der Waals surface area contributed by atoms with Gasteiger partial charge in [0.25, 0.3) is 5.91 Å². The molecule has 0 bridgehead atoms. The van der Waals surface area contributed by atoms with Crippen LogP contribution in [-0.2, 0) is 4.79 Å². The molecule has 5 rings (SSSR count). The molecule has 2 N–H and O–H groups in total. The first-order valence-corrected chi connectivity index (χ1v) is 12.2. The van der Waals surface area contributed by atoms with E-state index in [0.717, 1.165) is 29.9 Å². The molecule has 1 aliphatic heterocycles. The molecule has 1 amide bonds. The van der Waals surface area contributed by atoms with Gasteiger partial charge in [0.05, 0.1) is 38.1 Å². The SMILES string of the molecule is N#C/C(=C/c1cn[nH]c1-c1ccccc1)C(=O)N1CC[NH+](C(c2ccccc2)c2ccccc2)CC1. The number of nitrogens with one attached hydrogen (secondary N) is 2. The van der Waals surface area contributed by atoms with Crippen LogP contribution in [-0.4, -0.2) is 47.2 Å². The van der Waals surface area contributed by atoms with E-state index in [1.165, 1.54) is 16.0 Å². The summed E-state index contributed by atoms with van der Waals surface area (Å²) in [7, 11) is 0. The first-order valence-electron chi connectivity index (χ1n) is 12.2. The first-order chi connectivity index (χ1) is 17.7. The van der Waals surface area contributed by atoms with E-state index in [9.17, 15) is 10.1 Å². The van der Waals surface area contributed by atoms with Gasteiger partial charge in [-0.3, -0.25) is 9.89 Å². The predicted molar refractivity (Wildman–Crippen MR) is 140 cm³/mol. The minimum Gasteiger partial charge on any atom is -0.327 e. The fourth-order valence-corrected chi connectivity index (χ4v) is 4.95. The molecule has 0 spiro atoms. The Morgan fingerprint density at radius 1 is 0.917 bits per heavy atom. The van der Waals surface area contributed by atoms with Crippen molar-refractivity contribution in [1.29, 1.82) is 5.26 Å². The number of amides is 1. The van der Waals surface area contributed by atoms with Crippen LogP contribution in [0.25, 0.3) is 17.3 Å². The molecule has 1 aliphatic rings. The Kier molecular flexibility index (Phi) is 7.02. The number of hydrogen-bond acceptors (Lipinski definition) is 3. The van der Waals surface area contributed by atoms with Gasteiger partial charge in [0.1, 0.15) is 17.7 Å². The summed E-state index contributed by atoms with van der Waals surface area (Å²) in [4.78, 5) is 16.5. The van der Waals surface area contributed by atoms with Gasteiger partial charge < -0.3 is 9.80 Å². The molecule has 0 unspecified atom stereocenters. The van der Waals surface area contributed by atoms with Crippen LogP contribution in [0, 0.1) is 11.3 Å². The van der Waals surface area contributed by atoms with Crippen LogP contribution in [0.2, 0.25) is 0 Å². The molecule has 36 heavy (non-hydrogen) atoms. The van der Waals surface area contributed by atoms with Crippen molar-refractivity contribution in [3.05, 3.63) is 119 Å². The number of H-pyrrole nitrogens is 1. The highest BCUT2D eigenvalue weighted by atomic mass is 16.2. The lowest BCUT2D eigenvalue weighted by atomic mass is 9.96. The van der Waals surface area contributed by atoms with E-state index >= 15 is 0 Å². The molecule has 0 aliphatic carbocycles. The summed E-state index contributed by atoms with van der Waals surface area (Å²) in [5, 5.41) is 16.9. The van der Waals surface area contributed by atoms with Gasteiger partial charge in [-0.2, -0.15) is 10.4 Å². The molecule has 3 aromatic carbocycles. The molecule has 178 valence electrons. The van der Waals surface area contributed by atoms with Crippen molar-refractivity contribution in [2.45, 2.75) is 6.04 Å². The molecular weight excluding hydrogens is 446 g/mol. The average Bonchev–Trinajstić information content (AvgIpc) is 3.42. The number of rotatable bonds is 6. The van der Waals surface area contributed by atoms with Crippen LogP contribution in [0.15, 0.2) is 103 Å². The van der Waals surface area contributed by atoms with Gasteiger partial charge >= 0.3 is 0 Å². The van der Waals surface area contributed by atoms with Gasteiger partial charge in [-0.1, -0.05) is 91.0 Å². The topological polar surface area (TPSA) is 77.2 Å². The van der Waals surface area contributed by atoms with Gasteiger partial charge in [-0.25, -0.2) is 0 Å². The number of aromatic nitrogens is 2. The van der Waals surface area contributed by atoms with Crippen LogP contribution in [0.3, 0.4) is 0 Å². The largest absolute Gasteiger partial charge is 0.327 e.